The third kappa shape index (κ3) is 2.87. The van der Waals surface area contributed by atoms with Crippen LogP contribution in [-0.2, 0) is 4.79 Å². The molecule has 1 atom stereocenters. The molecule has 6 heteroatoms. The standard InChI is InChI=1S/C16H13BrN2O3/c1-9-7-11(5-6-13(9)17)15-19-18-14(22-15)10-3-2-4-12(8-10)16(20)21/h2,4-8,10H,3H2,1H3,(H,20,21). The molecule has 5 nitrogen and oxygen atoms in total. The van der Waals surface area contributed by atoms with Crippen molar-refractivity contribution in [2.75, 3.05) is 0 Å². The van der Waals surface area contributed by atoms with Gasteiger partial charge in [-0.3, -0.25) is 0 Å². The molecule has 0 saturated heterocycles. The maximum Gasteiger partial charge on any atom is 0.335 e. The lowest BCUT2D eigenvalue weighted by Gasteiger charge is -2.10. The summed E-state index contributed by atoms with van der Waals surface area (Å²) in [5.41, 5.74) is 2.16. The number of hydrogen-bond acceptors (Lipinski definition) is 4. The molecule has 0 saturated carbocycles. The Morgan fingerprint density at radius 3 is 2.95 bits per heavy atom. The normalized spacial score (nSPS) is 17.4. The lowest BCUT2D eigenvalue weighted by Crippen LogP contribution is -2.06. The highest BCUT2D eigenvalue weighted by Gasteiger charge is 2.21. The van der Waals surface area contributed by atoms with Gasteiger partial charge in [0.15, 0.2) is 0 Å². The SMILES string of the molecule is Cc1cc(-c2nnc(C3C=C(C(=O)O)C=CC3)o2)ccc1Br. The molecular weight excluding hydrogens is 348 g/mol. The zero-order valence-corrected chi connectivity index (χ0v) is 13.4. The Labute approximate surface area is 135 Å². The molecule has 2 aromatic rings. The number of carbonyl (C=O) groups is 1. The van der Waals surface area contributed by atoms with Crippen molar-refractivity contribution in [2.24, 2.45) is 0 Å². The van der Waals surface area contributed by atoms with Crippen molar-refractivity contribution in [3.63, 3.8) is 0 Å². The van der Waals surface area contributed by atoms with Gasteiger partial charge in [-0.25, -0.2) is 4.79 Å². The van der Waals surface area contributed by atoms with E-state index in [9.17, 15) is 4.79 Å². The first-order valence-electron chi connectivity index (χ1n) is 6.76. The quantitative estimate of drug-likeness (QED) is 0.898. The molecule has 1 aliphatic carbocycles. The van der Waals surface area contributed by atoms with Crippen LogP contribution in [0.3, 0.4) is 0 Å². The van der Waals surface area contributed by atoms with Crippen molar-refractivity contribution in [1.29, 1.82) is 0 Å². The lowest BCUT2D eigenvalue weighted by molar-refractivity contribution is -0.132. The number of benzene rings is 1. The number of aromatic nitrogens is 2. The number of aliphatic carboxylic acids is 1. The van der Waals surface area contributed by atoms with Gasteiger partial charge in [0, 0.05) is 10.0 Å². The van der Waals surface area contributed by atoms with E-state index in [-0.39, 0.29) is 11.5 Å². The van der Waals surface area contributed by atoms with Crippen molar-refractivity contribution in [3.05, 3.63) is 57.9 Å². The molecule has 1 heterocycles. The molecule has 0 bridgehead atoms. The molecule has 0 aliphatic heterocycles. The Morgan fingerprint density at radius 2 is 2.23 bits per heavy atom. The van der Waals surface area contributed by atoms with Crippen molar-refractivity contribution in [3.8, 4) is 11.5 Å². The van der Waals surface area contributed by atoms with E-state index in [4.69, 9.17) is 9.52 Å². The van der Waals surface area contributed by atoms with Crippen LogP contribution in [0.15, 0.2) is 50.9 Å². The average molecular weight is 361 g/mol. The summed E-state index contributed by atoms with van der Waals surface area (Å²) < 4.78 is 6.74. The van der Waals surface area contributed by atoms with E-state index in [1.807, 2.05) is 31.2 Å². The Balaban J connectivity index is 1.89. The molecule has 112 valence electrons. The van der Waals surface area contributed by atoms with E-state index in [1.165, 1.54) is 0 Å². The van der Waals surface area contributed by atoms with Gasteiger partial charge in [0.2, 0.25) is 11.8 Å². The molecule has 0 amide bonds. The van der Waals surface area contributed by atoms with Crippen molar-refractivity contribution >= 4 is 21.9 Å². The molecular formula is C16H13BrN2O3. The van der Waals surface area contributed by atoms with E-state index >= 15 is 0 Å². The van der Waals surface area contributed by atoms with Gasteiger partial charge in [-0.1, -0.05) is 34.2 Å². The smallest absolute Gasteiger partial charge is 0.335 e. The van der Waals surface area contributed by atoms with Gasteiger partial charge in [-0.2, -0.15) is 0 Å². The van der Waals surface area contributed by atoms with Crippen molar-refractivity contribution in [2.45, 2.75) is 19.3 Å². The Bertz CT molecular complexity index is 792. The van der Waals surface area contributed by atoms with Crippen LogP contribution < -0.4 is 0 Å². The van der Waals surface area contributed by atoms with E-state index in [1.54, 1.807) is 12.2 Å². The molecule has 22 heavy (non-hydrogen) atoms. The Kier molecular flexibility index (Phi) is 3.94. The third-order valence-corrected chi connectivity index (χ3v) is 4.37. The molecule has 0 spiro atoms. The van der Waals surface area contributed by atoms with Gasteiger partial charge in [0.1, 0.15) is 0 Å². The minimum atomic E-state index is -0.954. The summed E-state index contributed by atoms with van der Waals surface area (Å²) in [5, 5.41) is 17.2. The number of allylic oxidation sites excluding steroid dienone is 2. The van der Waals surface area contributed by atoms with Gasteiger partial charge in [0.05, 0.1) is 11.5 Å². The summed E-state index contributed by atoms with van der Waals surface area (Å²) in [5.74, 6) is -0.290. The molecule has 0 fully saturated rings. The molecule has 3 rings (SSSR count). The van der Waals surface area contributed by atoms with Crippen LogP contribution in [0.25, 0.3) is 11.5 Å². The summed E-state index contributed by atoms with van der Waals surface area (Å²) >= 11 is 3.45. The summed E-state index contributed by atoms with van der Waals surface area (Å²) in [4.78, 5) is 11.0. The maximum atomic E-state index is 11.0. The van der Waals surface area contributed by atoms with E-state index < -0.39 is 5.97 Å². The fraction of sp³-hybridized carbons (Fsp3) is 0.188. The maximum absolute atomic E-state index is 11.0. The highest BCUT2D eigenvalue weighted by atomic mass is 79.9. The van der Waals surface area contributed by atoms with E-state index in [2.05, 4.69) is 26.1 Å². The van der Waals surface area contributed by atoms with Crippen LogP contribution in [-0.4, -0.2) is 21.3 Å². The minimum absolute atomic E-state index is 0.200. The van der Waals surface area contributed by atoms with Crippen molar-refractivity contribution in [1.82, 2.24) is 10.2 Å². The van der Waals surface area contributed by atoms with E-state index in [0.29, 0.717) is 18.2 Å². The average Bonchev–Trinajstić information content (AvgIpc) is 3.00. The predicted molar refractivity (Wildman–Crippen MR) is 84.4 cm³/mol. The number of carboxylic acids is 1. The molecule has 1 aliphatic rings. The topological polar surface area (TPSA) is 76.2 Å². The first-order valence-corrected chi connectivity index (χ1v) is 7.55. The monoisotopic (exact) mass is 360 g/mol. The second-order valence-electron chi connectivity index (χ2n) is 5.08. The number of halogens is 1. The summed E-state index contributed by atoms with van der Waals surface area (Å²) in [7, 11) is 0. The van der Waals surface area contributed by atoms with Gasteiger partial charge in [-0.15, -0.1) is 10.2 Å². The van der Waals surface area contributed by atoms with Gasteiger partial charge >= 0.3 is 5.97 Å². The highest BCUT2D eigenvalue weighted by molar-refractivity contribution is 9.10. The highest BCUT2D eigenvalue weighted by Crippen LogP contribution is 2.30. The predicted octanol–water partition coefficient (Wildman–Crippen LogP) is 3.86. The number of nitrogens with zero attached hydrogens (tertiary/aromatic N) is 2. The summed E-state index contributed by atoms with van der Waals surface area (Å²) in [6, 6.07) is 5.79. The third-order valence-electron chi connectivity index (χ3n) is 3.48. The van der Waals surface area contributed by atoms with Crippen LogP contribution >= 0.6 is 15.9 Å². The number of hydrogen-bond donors (Lipinski definition) is 1. The second-order valence-corrected chi connectivity index (χ2v) is 5.94. The van der Waals surface area contributed by atoms with Crippen LogP contribution in [0.1, 0.15) is 23.8 Å². The Hall–Kier alpha value is -2.21. The molecule has 1 N–H and O–H groups in total. The zero-order chi connectivity index (χ0) is 15.7. The molecule has 1 unspecified atom stereocenters. The number of aryl methyl sites for hydroxylation is 1. The fourth-order valence-electron chi connectivity index (χ4n) is 2.28. The van der Waals surface area contributed by atoms with Gasteiger partial charge in [0.25, 0.3) is 0 Å². The van der Waals surface area contributed by atoms with Gasteiger partial charge < -0.3 is 9.52 Å². The minimum Gasteiger partial charge on any atom is -0.478 e. The first-order chi connectivity index (χ1) is 10.5. The largest absolute Gasteiger partial charge is 0.478 e. The molecule has 1 aromatic heterocycles. The Morgan fingerprint density at radius 1 is 1.41 bits per heavy atom. The van der Waals surface area contributed by atoms with E-state index in [0.717, 1.165) is 15.6 Å². The number of carboxylic acid groups (broad SMARTS) is 1. The van der Waals surface area contributed by atoms with Crippen LogP contribution in [0.4, 0.5) is 0 Å². The van der Waals surface area contributed by atoms with Crippen LogP contribution in [0.2, 0.25) is 0 Å². The summed E-state index contributed by atoms with van der Waals surface area (Å²) in [6.07, 6.45) is 5.69. The van der Waals surface area contributed by atoms with Gasteiger partial charge in [-0.05, 0) is 37.1 Å². The molecule has 0 radical (unpaired) electrons. The zero-order valence-electron chi connectivity index (χ0n) is 11.8. The van der Waals surface area contributed by atoms with Crippen LogP contribution in [0.5, 0.6) is 0 Å². The summed E-state index contributed by atoms with van der Waals surface area (Å²) in [6.45, 7) is 1.98. The lowest BCUT2D eigenvalue weighted by atomic mass is 9.96. The molecule has 1 aromatic carbocycles. The van der Waals surface area contributed by atoms with Crippen molar-refractivity contribution < 1.29 is 14.3 Å². The fourth-order valence-corrected chi connectivity index (χ4v) is 2.52. The second kappa shape index (κ2) is 5.88. The number of rotatable bonds is 3. The first kappa shape index (κ1) is 14.7. The van der Waals surface area contributed by atoms with Crippen LogP contribution in [0, 0.1) is 6.92 Å².